The van der Waals surface area contributed by atoms with E-state index in [1.165, 1.54) is 17.8 Å². The molecule has 0 bridgehead atoms. The molecule has 4 nitrogen and oxygen atoms in total. The van der Waals surface area contributed by atoms with E-state index in [-0.39, 0.29) is 6.61 Å². The minimum Gasteiger partial charge on any atom is -0.457 e. The normalized spacial score (nSPS) is 10.8. The van der Waals surface area contributed by atoms with Crippen LogP contribution < -0.4 is 5.63 Å². The molecule has 2 aromatic carbocycles. The van der Waals surface area contributed by atoms with E-state index in [0.29, 0.717) is 16.7 Å². The number of hydrogen-bond acceptors (Lipinski definition) is 5. The smallest absolute Gasteiger partial charge is 0.339 e. The van der Waals surface area contributed by atoms with Gasteiger partial charge in [-0.3, -0.25) is 0 Å². The van der Waals surface area contributed by atoms with Crippen LogP contribution in [-0.4, -0.2) is 12.2 Å². The Bertz CT molecular complexity index is 975. The van der Waals surface area contributed by atoms with Crippen LogP contribution in [0.15, 0.2) is 62.6 Å². The fraction of sp³-hybridized carbons (Fsp3) is 0.200. The predicted octanol–water partition coefficient (Wildman–Crippen LogP) is 4.43. The lowest BCUT2D eigenvalue weighted by atomic mass is 10.1. The van der Waals surface area contributed by atoms with Gasteiger partial charge in [-0.15, -0.1) is 11.8 Å². The van der Waals surface area contributed by atoms with Crippen molar-refractivity contribution in [2.75, 3.05) is 6.26 Å². The number of fused-ring (bicyclic) bond motifs is 1. The van der Waals surface area contributed by atoms with Gasteiger partial charge >= 0.3 is 11.6 Å². The number of thioether (sulfide) groups is 1. The topological polar surface area (TPSA) is 56.5 Å². The van der Waals surface area contributed by atoms with Gasteiger partial charge in [0.05, 0.1) is 5.56 Å². The second-order valence-electron chi connectivity index (χ2n) is 5.55. The molecule has 25 heavy (non-hydrogen) atoms. The van der Waals surface area contributed by atoms with Crippen molar-refractivity contribution in [2.45, 2.75) is 24.8 Å². The van der Waals surface area contributed by atoms with Crippen LogP contribution >= 0.6 is 11.8 Å². The first-order valence-corrected chi connectivity index (χ1v) is 9.20. The molecule has 3 aromatic rings. The maximum Gasteiger partial charge on any atom is 0.339 e. The highest BCUT2D eigenvalue weighted by Gasteiger charge is 2.14. The Morgan fingerprint density at radius 1 is 1.16 bits per heavy atom. The molecular formula is C20H18O4S. The lowest BCUT2D eigenvalue weighted by Crippen LogP contribution is -2.09. The molecule has 0 fully saturated rings. The Labute approximate surface area is 149 Å². The summed E-state index contributed by atoms with van der Waals surface area (Å²) in [7, 11) is 0. The van der Waals surface area contributed by atoms with E-state index in [1.54, 1.807) is 12.1 Å². The van der Waals surface area contributed by atoms with Gasteiger partial charge in [0.1, 0.15) is 12.2 Å². The number of aryl methyl sites for hydroxylation is 1. The summed E-state index contributed by atoms with van der Waals surface area (Å²) in [6.07, 6.45) is 2.76. The van der Waals surface area contributed by atoms with Gasteiger partial charge in [-0.25, -0.2) is 9.59 Å². The molecule has 0 radical (unpaired) electrons. The highest BCUT2D eigenvalue weighted by atomic mass is 32.2. The summed E-state index contributed by atoms with van der Waals surface area (Å²) in [6.45, 7) is 2.06. The number of ether oxygens (including phenoxy) is 1. The molecule has 0 atom stereocenters. The first kappa shape index (κ1) is 17.3. The molecule has 0 amide bonds. The van der Waals surface area contributed by atoms with E-state index < -0.39 is 11.6 Å². The third kappa shape index (κ3) is 3.77. The Morgan fingerprint density at radius 3 is 2.72 bits per heavy atom. The van der Waals surface area contributed by atoms with Crippen molar-refractivity contribution < 1.29 is 13.9 Å². The van der Waals surface area contributed by atoms with Gasteiger partial charge in [0.2, 0.25) is 0 Å². The molecule has 3 rings (SSSR count). The van der Waals surface area contributed by atoms with Crippen molar-refractivity contribution in [3.05, 3.63) is 75.6 Å². The monoisotopic (exact) mass is 354 g/mol. The maximum absolute atomic E-state index is 12.4. The van der Waals surface area contributed by atoms with Crippen molar-refractivity contribution in [3.8, 4) is 0 Å². The number of carbonyl (C=O) groups excluding carboxylic acids is 1. The number of rotatable bonds is 5. The van der Waals surface area contributed by atoms with E-state index in [0.717, 1.165) is 22.3 Å². The number of hydrogen-bond donors (Lipinski definition) is 0. The molecule has 128 valence electrons. The standard InChI is InChI=1S/C20H18O4S/c1-3-13-8-9-15-14(11-19(21)24-17(15)10-13)12-23-20(22)16-6-4-5-7-18(16)25-2/h4-11H,3,12H2,1-2H3. The molecule has 0 aliphatic carbocycles. The quantitative estimate of drug-likeness (QED) is 0.385. The molecule has 1 aromatic heterocycles. The van der Waals surface area contributed by atoms with E-state index in [4.69, 9.17) is 9.15 Å². The van der Waals surface area contributed by atoms with E-state index >= 15 is 0 Å². The molecule has 0 saturated carbocycles. The third-order valence-electron chi connectivity index (χ3n) is 3.99. The minimum atomic E-state index is -0.448. The summed E-state index contributed by atoms with van der Waals surface area (Å²) in [5.41, 5.74) is 2.32. The van der Waals surface area contributed by atoms with Crippen molar-refractivity contribution in [1.29, 1.82) is 0 Å². The number of esters is 1. The molecule has 1 heterocycles. The van der Waals surface area contributed by atoms with E-state index in [1.807, 2.05) is 43.5 Å². The van der Waals surface area contributed by atoms with Crippen LogP contribution in [0.5, 0.6) is 0 Å². The Hall–Kier alpha value is -2.53. The number of benzene rings is 2. The van der Waals surface area contributed by atoms with Gasteiger partial charge in [0, 0.05) is 21.9 Å². The fourth-order valence-electron chi connectivity index (χ4n) is 2.65. The van der Waals surface area contributed by atoms with Gasteiger partial charge in [0.25, 0.3) is 0 Å². The summed E-state index contributed by atoms with van der Waals surface area (Å²) in [5, 5.41) is 0.780. The van der Waals surface area contributed by atoms with Crippen molar-refractivity contribution in [1.82, 2.24) is 0 Å². The first-order chi connectivity index (χ1) is 12.1. The minimum absolute atomic E-state index is 0.0229. The van der Waals surface area contributed by atoms with Gasteiger partial charge in [-0.05, 0) is 36.4 Å². The Kier molecular flexibility index (Phi) is 5.24. The zero-order chi connectivity index (χ0) is 17.8. The molecular weight excluding hydrogens is 336 g/mol. The van der Waals surface area contributed by atoms with Gasteiger partial charge in [-0.1, -0.05) is 31.2 Å². The fourth-order valence-corrected chi connectivity index (χ4v) is 3.23. The van der Waals surface area contributed by atoms with Crippen LogP contribution in [0.1, 0.15) is 28.4 Å². The Morgan fingerprint density at radius 2 is 1.96 bits per heavy atom. The predicted molar refractivity (Wildman–Crippen MR) is 99.2 cm³/mol. The molecule has 0 saturated heterocycles. The second-order valence-corrected chi connectivity index (χ2v) is 6.40. The van der Waals surface area contributed by atoms with E-state index in [9.17, 15) is 9.59 Å². The average molecular weight is 354 g/mol. The van der Waals surface area contributed by atoms with Crippen LogP contribution in [0.3, 0.4) is 0 Å². The van der Waals surface area contributed by atoms with Crippen LogP contribution in [0.25, 0.3) is 11.0 Å². The van der Waals surface area contributed by atoms with Crippen molar-refractivity contribution in [2.24, 2.45) is 0 Å². The van der Waals surface area contributed by atoms with Gasteiger partial charge in [-0.2, -0.15) is 0 Å². The van der Waals surface area contributed by atoms with Crippen LogP contribution in [0.4, 0.5) is 0 Å². The molecule has 0 aliphatic rings. The third-order valence-corrected chi connectivity index (χ3v) is 4.78. The summed E-state index contributed by atoms with van der Waals surface area (Å²) in [4.78, 5) is 25.0. The highest BCUT2D eigenvalue weighted by molar-refractivity contribution is 7.98. The molecule has 0 aliphatic heterocycles. The van der Waals surface area contributed by atoms with Crippen molar-refractivity contribution >= 4 is 28.7 Å². The summed E-state index contributed by atoms with van der Waals surface area (Å²) >= 11 is 1.49. The largest absolute Gasteiger partial charge is 0.457 e. The van der Waals surface area contributed by atoms with Crippen LogP contribution in [0, 0.1) is 0 Å². The van der Waals surface area contributed by atoms with Gasteiger partial charge in [0.15, 0.2) is 0 Å². The first-order valence-electron chi connectivity index (χ1n) is 7.98. The molecule has 0 unspecified atom stereocenters. The zero-order valence-electron chi connectivity index (χ0n) is 14.1. The highest BCUT2D eigenvalue weighted by Crippen LogP contribution is 2.23. The molecule has 0 spiro atoms. The zero-order valence-corrected chi connectivity index (χ0v) is 14.9. The average Bonchev–Trinajstić information content (AvgIpc) is 2.65. The Balaban J connectivity index is 1.88. The summed E-state index contributed by atoms with van der Waals surface area (Å²) < 4.78 is 10.7. The van der Waals surface area contributed by atoms with Crippen molar-refractivity contribution in [3.63, 3.8) is 0 Å². The van der Waals surface area contributed by atoms with Gasteiger partial charge < -0.3 is 9.15 Å². The second kappa shape index (κ2) is 7.57. The maximum atomic E-state index is 12.4. The molecule has 0 N–H and O–H groups in total. The number of carbonyl (C=O) groups is 1. The van der Waals surface area contributed by atoms with Crippen LogP contribution in [-0.2, 0) is 17.8 Å². The lowest BCUT2D eigenvalue weighted by Gasteiger charge is -2.10. The summed E-state index contributed by atoms with van der Waals surface area (Å²) in [6, 6.07) is 14.4. The molecule has 5 heteroatoms. The SMILES string of the molecule is CCc1ccc2c(COC(=O)c3ccccc3SC)cc(=O)oc2c1. The lowest BCUT2D eigenvalue weighted by molar-refractivity contribution is 0.0469. The van der Waals surface area contributed by atoms with E-state index in [2.05, 4.69) is 0 Å². The summed E-state index contributed by atoms with van der Waals surface area (Å²) in [5.74, 6) is -0.406. The van der Waals surface area contributed by atoms with Crippen LogP contribution in [0.2, 0.25) is 0 Å².